The summed E-state index contributed by atoms with van der Waals surface area (Å²) < 4.78 is 24.8. The lowest BCUT2D eigenvalue weighted by Crippen LogP contribution is -2.16. The van der Waals surface area contributed by atoms with Crippen molar-refractivity contribution in [1.29, 1.82) is 5.26 Å². The Morgan fingerprint density at radius 2 is 1.94 bits per heavy atom. The molecule has 0 fully saturated rings. The van der Waals surface area contributed by atoms with E-state index in [0.29, 0.717) is 28.2 Å². The first-order chi connectivity index (χ1) is 17.1. The Kier molecular flexibility index (Phi) is 7.13. The van der Waals surface area contributed by atoms with E-state index in [4.69, 9.17) is 9.47 Å². The monoisotopic (exact) mass is 469 g/mol. The normalized spacial score (nSPS) is 10.7. The largest absolute Gasteiger partial charge is 0.493 e. The van der Waals surface area contributed by atoms with Crippen LogP contribution in [0.25, 0.3) is 11.3 Å². The lowest BCUT2D eigenvalue weighted by atomic mass is 10.1. The first-order valence-corrected chi connectivity index (χ1v) is 10.5. The quantitative estimate of drug-likeness (QED) is 0.291. The molecular formula is C26H20FN5O3. The number of anilines is 1. The Morgan fingerprint density at radius 1 is 1.14 bits per heavy atom. The lowest BCUT2D eigenvalue weighted by Gasteiger charge is -2.13. The molecule has 0 unspecified atom stereocenters. The van der Waals surface area contributed by atoms with Crippen molar-refractivity contribution in [2.24, 2.45) is 5.10 Å². The minimum Gasteiger partial charge on any atom is -0.493 e. The molecule has 174 valence electrons. The molecule has 8 nitrogen and oxygen atoms in total. The number of aromatic nitrogens is 2. The Hall–Kier alpha value is -4.97. The molecule has 1 heterocycles. The smallest absolute Gasteiger partial charge is 0.270 e. The number of hydrogen-bond acceptors (Lipinski definition) is 7. The number of rotatable bonds is 8. The summed E-state index contributed by atoms with van der Waals surface area (Å²) in [6.07, 6.45) is 1.48. The van der Waals surface area contributed by atoms with Crippen LogP contribution in [0.4, 0.5) is 10.3 Å². The van der Waals surface area contributed by atoms with Crippen LogP contribution in [0.3, 0.4) is 0 Å². The SMILES string of the molecule is COc1cccc(C=NNc2nc(-c3ccccc3)c(C#N)c(=O)[nH]2)c1OCc1cccc(F)c1. The lowest BCUT2D eigenvalue weighted by molar-refractivity contribution is 0.283. The summed E-state index contributed by atoms with van der Waals surface area (Å²) in [5.74, 6) is 0.600. The van der Waals surface area contributed by atoms with Gasteiger partial charge in [-0.1, -0.05) is 48.5 Å². The number of nitriles is 1. The number of nitrogens with one attached hydrogen (secondary N) is 2. The predicted molar refractivity (Wildman–Crippen MR) is 130 cm³/mol. The van der Waals surface area contributed by atoms with Gasteiger partial charge in [-0.15, -0.1) is 0 Å². The Labute approximate surface area is 200 Å². The molecule has 4 rings (SSSR count). The van der Waals surface area contributed by atoms with Crippen LogP contribution in [0, 0.1) is 17.1 Å². The third-order valence-corrected chi connectivity index (χ3v) is 4.95. The first kappa shape index (κ1) is 23.2. The molecule has 0 bridgehead atoms. The van der Waals surface area contributed by atoms with E-state index >= 15 is 0 Å². The van der Waals surface area contributed by atoms with E-state index in [1.54, 1.807) is 54.6 Å². The standard InChI is InChI=1S/C26H20FN5O3/c1-34-22-12-6-10-19(24(22)35-16-17-7-5-11-20(27)13-17)15-29-32-26-30-23(18-8-3-2-4-9-18)21(14-28)25(33)31-26/h2-13,15H,16H2,1H3,(H2,30,31,32,33). The van der Waals surface area contributed by atoms with E-state index in [0.717, 1.165) is 0 Å². The van der Waals surface area contributed by atoms with Crippen molar-refractivity contribution in [1.82, 2.24) is 9.97 Å². The summed E-state index contributed by atoms with van der Waals surface area (Å²) in [5.41, 5.74) is 4.12. The van der Waals surface area contributed by atoms with E-state index in [9.17, 15) is 14.4 Å². The third kappa shape index (κ3) is 5.51. The third-order valence-electron chi connectivity index (χ3n) is 4.95. The fourth-order valence-corrected chi connectivity index (χ4v) is 3.33. The van der Waals surface area contributed by atoms with Crippen LogP contribution >= 0.6 is 0 Å². The van der Waals surface area contributed by atoms with Gasteiger partial charge in [-0.3, -0.25) is 9.78 Å². The van der Waals surface area contributed by atoms with Crippen molar-refractivity contribution in [2.75, 3.05) is 12.5 Å². The Balaban J connectivity index is 1.58. The summed E-state index contributed by atoms with van der Waals surface area (Å²) >= 11 is 0. The predicted octanol–water partition coefficient (Wildman–Crippen LogP) is 4.48. The summed E-state index contributed by atoms with van der Waals surface area (Å²) in [4.78, 5) is 19.3. The molecule has 0 aliphatic rings. The molecule has 0 aliphatic carbocycles. The fourth-order valence-electron chi connectivity index (χ4n) is 3.33. The van der Waals surface area contributed by atoms with Crippen molar-refractivity contribution in [3.63, 3.8) is 0 Å². The average molecular weight is 469 g/mol. The van der Waals surface area contributed by atoms with Gasteiger partial charge in [0.05, 0.1) is 19.0 Å². The van der Waals surface area contributed by atoms with Crippen LogP contribution in [0.1, 0.15) is 16.7 Å². The highest BCUT2D eigenvalue weighted by Gasteiger charge is 2.13. The molecule has 0 amide bonds. The second-order valence-corrected chi connectivity index (χ2v) is 7.28. The number of methoxy groups -OCH3 is 1. The van der Waals surface area contributed by atoms with E-state index in [-0.39, 0.29) is 29.6 Å². The van der Waals surface area contributed by atoms with Crippen LogP contribution in [-0.2, 0) is 6.61 Å². The molecule has 4 aromatic rings. The zero-order chi connectivity index (χ0) is 24.6. The molecule has 0 spiro atoms. The van der Waals surface area contributed by atoms with Crippen LogP contribution in [0.15, 0.2) is 82.7 Å². The van der Waals surface area contributed by atoms with Gasteiger partial charge in [0.1, 0.15) is 24.1 Å². The summed E-state index contributed by atoms with van der Waals surface area (Å²) in [6.45, 7) is 0.122. The maximum Gasteiger partial charge on any atom is 0.270 e. The zero-order valence-electron chi connectivity index (χ0n) is 18.7. The zero-order valence-corrected chi connectivity index (χ0v) is 18.7. The highest BCUT2D eigenvalue weighted by atomic mass is 19.1. The number of H-pyrrole nitrogens is 1. The van der Waals surface area contributed by atoms with Gasteiger partial charge in [0.2, 0.25) is 5.95 Å². The number of aromatic amines is 1. The molecule has 0 aliphatic heterocycles. The van der Waals surface area contributed by atoms with Gasteiger partial charge in [0, 0.05) is 11.1 Å². The fraction of sp³-hybridized carbons (Fsp3) is 0.0769. The highest BCUT2D eigenvalue weighted by Crippen LogP contribution is 2.31. The molecule has 0 saturated heterocycles. The van der Waals surface area contributed by atoms with E-state index in [1.807, 2.05) is 12.1 Å². The minimum absolute atomic E-state index is 0.0641. The van der Waals surface area contributed by atoms with Gasteiger partial charge < -0.3 is 9.47 Å². The minimum atomic E-state index is -0.584. The molecule has 0 radical (unpaired) electrons. The number of hydrogen-bond donors (Lipinski definition) is 2. The van der Waals surface area contributed by atoms with Crippen molar-refractivity contribution in [3.8, 4) is 28.8 Å². The van der Waals surface area contributed by atoms with Gasteiger partial charge in [0.25, 0.3) is 5.56 Å². The molecule has 0 saturated carbocycles. The molecule has 1 aromatic heterocycles. The van der Waals surface area contributed by atoms with Crippen LogP contribution in [0.5, 0.6) is 11.5 Å². The second-order valence-electron chi connectivity index (χ2n) is 7.28. The van der Waals surface area contributed by atoms with Crippen LogP contribution < -0.4 is 20.5 Å². The Bertz CT molecular complexity index is 1460. The molecule has 35 heavy (non-hydrogen) atoms. The highest BCUT2D eigenvalue weighted by molar-refractivity contribution is 5.85. The van der Waals surface area contributed by atoms with Gasteiger partial charge in [-0.05, 0) is 29.8 Å². The van der Waals surface area contributed by atoms with Gasteiger partial charge >= 0.3 is 0 Å². The van der Waals surface area contributed by atoms with Crippen molar-refractivity contribution < 1.29 is 13.9 Å². The van der Waals surface area contributed by atoms with Crippen molar-refractivity contribution in [3.05, 3.63) is 106 Å². The first-order valence-electron chi connectivity index (χ1n) is 10.5. The molecule has 3 aromatic carbocycles. The maximum absolute atomic E-state index is 13.5. The molecular weight excluding hydrogens is 449 g/mol. The molecule has 9 heteroatoms. The summed E-state index contributed by atoms with van der Waals surface area (Å²) in [5, 5.41) is 13.6. The van der Waals surface area contributed by atoms with Gasteiger partial charge in [0.15, 0.2) is 11.5 Å². The number of halogens is 1. The summed E-state index contributed by atoms with van der Waals surface area (Å²) in [6, 6.07) is 22.2. The van der Waals surface area contributed by atoms with E-state index in [1.165, 1.54) is 25.5 Å². The summed E-state index contributed by atoms with van der Waals surface area (Å²) in [7, 11) is 1.51. The van der Waals surface area contributed by atoms with Crippen molar-refractivity contribution >= 4 is 12.2 Å². The number of nitrogens with zero attached hydrogens (tertiary/aromatic N) is 3. The van der Waals surface area contributed by atoms with Crippen molar-refractivity contribution in [2.45, 2.75) is 6.61 Å². The van der Waals surface area contributed by atoms with Crippen LogP contribution in [0.2, 0.25) is 0 Å². The van der Waals surface area contributed by atoms with Crippen LogP contribution in [-0.4, -0.2) is 23.3 Å². The van der Waals surface area contributed by atoms with E-state index in [2.05, 4.69) is 20.5 Å². The van der Waals surface area contributed by atoms with Gasteiger partial charge in [-0.2, -0.15) is 10.4 Å². The number of ether oxygens (including phenoxy) is 2. The van der Waals surface area contributed by atoms with Gasteiger partial charge in [-0.25, -0.2) is 14.8 Å². The average Bonchev–Trinajstić information content (AvgIpc) is 2.88. The van der Waals surface area contributed by atoms with E-state index < -0.39 is 5.56 Å². The number of benzene rings is 3. The number of para-hydroxylation sites is 1. The topological polar surface area (TPSA) is 112 Å². The second kappa shape index (κ2) is 10.8. The number of hydrazone groups is 1. The Morgan fingerprint density at radius 3 is 2.69 bits per heavy atom. The molecule has 2 N–H and O–H groups in total. The maximum atomic E-state index is 13.5. The molecule has 0 atom stereocenters.